The molecule has 2 aromatic rings. The Morgan fingerprint density at radius 1 is 0.966 bits per heavy atom. The first-order valence-electron chi connectivity index (χ1n) is 9.89. The Labute approximate surface area is 171 Å². The van der Waals surface area contributed by atoms with Crippen LogP contribution < -0.4 is 15.4 Å². The van der Waals surface area contributed by atoms with Crippen LogP contribution in [-0.4, -0.2) is 68.1 Å². The topological polar surface area (TPSA) is 73.9 Å². The van der Waals surface area contributed by atoms with Gasteiger partial charge in [0.1, 0.15) is 18.4 Å². The average molecular weight is 396 g/mol. The Bertz CT molecular complexity index is 777. The third-order valence-electron chi connectivity index (χ3n) is 5.02. The standard InChI is InChI=1S/C22H28N4O3/c1-23-22(28)24-21(27)20(18-8-4-2-5-9-18)26-14-12-25(13-15-26)16-17-29-19-10-6-3-7-11-19/h2-11,20H,12-17H2,1H3,(H2,23,24,27,28). The maximum Gasteiger partial charge on any atom is 0.321 e. The maximum atomic E-state index is 12.8. The molecule has 7 nitrogen and oxygen atoms in total. The summed E-state index contributed by atoms with van der Waals surface area (Å²) in [7, 11) is 1.50. The zero-order valence-electron chi connectivity index (χ0n) is 16.7. The molecule has 1 aliphatic rings. The Hall–Kier alpha value is -2.90. The molecular weight excluding hydrogens is 368 g/mol. The molecule has 1 saturated heterocycles. The zero-order valence-corrected chi connectivity index (χ0v) is 16.7. The van der Waals surface area contributed by atoms with E-state index in [1.807, 2.05) is 60.7 Å². The number of nitrogens with one attached hydrogen (secondary N) is 2. The van der Waals surface area contributed by atoms with Crippen molar-refractivity contribution in [2.45, 2.75) is 6.04 Å². The summed E-state index contributed by atoms with van der Waals surface area (Å²) in [6.45, 7) is 4.63. The van der Waals surface area contributed by atoms with E-state index in [2.05, 4.69) is 20.4 Å². The third kappa shape index (κ3) is 6.04. The van der Waals surface area contributed by atoms with Gasteiger partial charge in [0.2, 0.25) is 5.91 Å². The Kier molecular flexibility index (Phi) is 7.61. The number of para-hydroxylation sites is 1. The molecule has 0 bridgehead atoms. The van der Waals surface area contributed by atoms with Crippen molar-refractivity contribution in [3.8, 4) is 5.75 Å². The van der Waals surface area contributed by atoms with Gasteiger partial charge in [-0.2, -0.15) is 0 Å². The fourth-order valence-electron chi connectivity index (χ4n) is 3.46. The summed E-state index contributed by atoms with van der Waals surface area (Å²) in [6, 6.07) is 18.4. The first-order chi connectivity index (χ1) is 14.2. The van der Waals surface area contributed by atoms with Gasteiger partial charge in [0, 0.05) is 39.8 Å². The second kappa shape index (κ2) is 10.6. The number of urea groups is 1. The van der Waals surface area contributed by atoms with Gasteiger partial charge in [-0.25, -0.2) is 4.79 Å². The van der Waals surface area contributed by atoms with E-state index in [-0.39, 0.29) is 5.91 Å². The number of carbonyl (C=O) groups is 2. The molecule has 0 aliphatic carbocycles. The van der Waals surface area contributed by atoms with E-state index in [4.69, 9.17) is 4.74 Å². The van der Waals surface area contributed by atoms with E-state index in [9.17, 15) is 9.59 Å². The van der Waals surface area contributed by atoms with E-state index in [1.54, 1.807) is 0 Å². The lowest BCUT2D eigenvalue weighted by Crippen LogP contribution is -2.52. The average Bonchev–Trinajstić information content (AvgIpc) is 2.76. The minimum atomic E-state index is -0.493. The van der Waals surface area contributed by atoms with Gasteiger partial charge >= 0.3 is 6.03 Å². The van der Waals surface area contributed by atoms with Gasteiger partial charge in [0.15, 0.2) is 0 Å². The third-order valence-corrected chi connectivity index (χ3v) is 5.02. The normalized spacial score (nSPS) is 16.0. The molecule has 0 saturated carbocycles. The van der Waals surface area contributed by atoms with Crippen LogP contribution in [0.4, 0.5) is 4.79 Å². The molecule has 0 aromatic heterocycles. The molecule has 3 amide bonds. The molecule has 1 atom stereocenters. The number of imide groups is 1. The maximum absolute atomic E-state index is 12.8. The van der Waals surface area contributed by atoms with Gasteiger partial charge in [0.25, 0.3) is 0 Å². The molecule has 1 unspecified atom stereocenters. The van der Waals surface area contributed by atoms with Gasteiger partial charge in [-0.15, -0.1) is 0 Å². The van der Waals surface area contributed by atoms with Crippen LogP contribution in [0.1, 0.15) is 11.6 Å². The van der Waals surface area contributed by atoms with Crippen molar-refractivity contribution in [1.82, 2.24) is 20.4 Å². The van der Waals surface area contributed by atoms with Crippen molar-refractivity contribution >= 4 is 11.9 Å². The number of nitrogens with zero attached hydrogens (tertiary/aromatic N) is 2. The van der Waals surface area contributed by atoms with Crippen LogP contribution >= 0.6 is 0 Å². The number of amides is 3. The Morgan fingerprint density at radius 2 is 1.59 bits per heavy atom. The first kappa shape index (κ1) is 20.8. The van der Waals surface area contributed by atoms with Gasteiger partial charge in [-0.1, -0.05) is 48.5 Å². The highest BCUT2D eigenvalue weighted by molar-refractivity contribution is 5.97. The highest BCUT2D eigenvalue weighted by Crippen LogP contribution is 2.22. The van der Waals surface area contributed by atoms with Crippen molar-refractivity contribution in [3.63, 3.8) is 0 Å². The molecule has 1 aliphatic heterocycles. The quantitative estimate of drug-likeness (QED) is 0.748. The van der Waals surface area contributed by atoms with Gasteiger partial charge < -0.3 is 10.1 Å². The molecule has 1 heterocycles. The summed E-state index contributed by atoms with van der Waals surface area (Å²) in [5.41, 5.74) is 0.884. The fraction of sp³-hybridized carbons (Fsp3) is 0.364. The molecule has 29 heavy (non-hydrogen) atoms. The van der Waals surface area contributed by atoms with E-state index < -0.39 is 12.1 Å². The molecule has 2 N–H and O–H groups in total. The summed E-state index contributed by atoms with van der Waals surface area (Å²) in [5, 5.41) is 4.86. The lowest BCUT2D eigenvalue weighted by molar-refractivity contribution is -0.126. The monoisotopic (exact) mass is 396 g/mol. The number of rotatable bonds is 7. The van der Waals surface area contributed by atoms with Crippen molar-refractivity contribution in [2.24, 2.45) is 0 Å². The smallest absolute Gasteiger partial charge is 0.321 e. The Balaban J connectivity index is 1.55. The second-order valence-corrected chi connectivity index (χ2v) is 6.92. The van der Waals surface area contributed by atoms with E-state index in [0.29, 0.717) is 6.61 Å². The van der Waals surface area contributed by atoms with Crippen molar-refractivity contribution < 1.29 is 14.3 Å². The van der Waals surface area contributed by atoms with Crippen LogP contribution in [0.25, 0.3) is 0 Å². The van der Waals surface area contributed by atoms with E-state index >= 15 is 0 Å². The van der Waals surface area contributed by atoms with Crippen molar-refractivity contribution in [1.29, 1.82) is 0 Å². The van der Waals surface area contributed by atoms with Crippen LogP contribution in [0, 0.1) is 0 Å². The fourth-order valence-corrected chi connectivity index (χ4v) is 3.46. The summed E-state index contributed by atoms with van der Waals surface area (Å²) >= 11 is 0. The lowest BCUT2D eigenvalue weighted by Gasteiger charge is -2.38. The minimum absolute atomic E-state index is 0.309. The summed E-state index contributed by atoms with van der Waals surface area (Å²) in [4.78, 5) is 28.9. The molecular formula is C22H28N4O3. The Morgan fingerprint density at radius 3 is 2.21 bits per heavy atom. The van der Waals surface area contributed by atoms with Crippen LogP contribution in [0.15, 0.2) is 60.7 Å². The highest BCUT2D eigenvalue weighted by Gasteiger charge is 2.31. The molecule has 2 aromatic carbocycles. The van der Waals surface area contributed by atoms with Gasteiger partial charge in [0.05, 0.1) is 0 Å². The zero-order chi connectivity index (χ0) is 20.5. The predicted molar refractivity (Wildman–Crippen MR) is 112 cm³/mol. The molecule has 1 fully saturated rings. The molecule has 0 radical (unpaired) electrons. The summed E-state index contributed by atoms with van der Waals surface area (Å²) < 4.78 is 5.78. The summed E-state index contributed by atoms with van der Waals surface area (Å²) in [6.07, 6.45) is 0. The highest BCUT2D eigenvalue weighted by atomic mass is 16.5. The molecule has 154 valence electrons. The number of hydrogen-bond donors (Lipinski definition) is 2. The van der Waals surface area contributed by atoms with Gasteiger partial charge in [-0.3, -0.25) is 19.9 Å². The first-order valence-corrected chi connectivity index (χ1v) is 9.89. The lowest BCUT2D eigenvalue weighted by atomic mass is 10.0. The van der Waals surface area contributed by atoms with Crippen LogP contribution in [0.5, 0.6) is 5.75 Å². The SMILES string of the molecule is CNC(=O)NC(=O)C(c1ccccc1)N1CCN(CCOc2ccccc2)CC1. The number of hydrogen-bond acceptors (Lipinski definition) is 5. The summed E-state index contributed by atoms with van der Waals surface area (Å²) in [5.74, 6) is 0.567. The predicted octanol–water partition coefficient (Wildman–Crippen LogP) is 1.88. The molecule has 7 heteroatoms. The number of benzene rings is 2. The van der Waals surface area contributed by atoms with Crippen molar-refractivity contribution in [2.75, 3.05) is 46.4 Å². The minimum Gasteiger partial charge on any atom is -0.492 e. The van der Waals surface area contributed by atoms with Gasteiger partial charge in [-0.05, 0) is 17.7 Å². The van der Waals surface area contributed by atoms with Crippen LogP contribution in [0.2, 0.25) is 0 Å². The van der Waals surface area contributed by atoms with E-state index in [1.165, 1.54) is 7.05 Å². The van der Waals surface area contributed by atoms with Crippen molar-refractivity contribution in [3.05, 3.63) is 66.2 Å². The number of carbonyl (C=O) groups excluding carboxylic acids is 2. The van der Waals surface area contributed by atoms with Crippen LogP contribution in [0.3, 0.4) is 0 Å². The number of ether oxygens (including phenoxy) is 1. The number of piperazine rings is 1. The largest absolute Gasteiger partial charge is 0.492 e. The molecule has 0 spiro atoms. The molecule has 3 rings (SSSR count). The van der Waals surface area contributed by atoms with Crippen LogP contribution in [-0.2, 0) is 4.79 Å². The van der Waals surface area contributed by atoms with E-state index in [0.717, 1.165) is 44.0 Å². The second-order valence-electron chi connectivity index (χ2n) is 6.92.